The van der Waals surface area contributed by atoms with Crippen molar-refractivity contribution in [2.24, 2.45) is 0 Å². The molecule has 98 valence electrons. The predicted molar refractivity (Wildman–Crippen MR) is 80.4 cm³/mol. The lowest BCUT2D eigenvalue weighted by atomic mass is 10.2. The lowest BCUT2D eigenvalue weighted by Gasteiger charge is -2.12. The van der Waals surface area contributed by atoms with Gasteiger partial charge in [-0.1, -0.05) is 6.92 Å². The van der Waals surface area contributed by atoms with Crippen LogP contribution < -0.4 is 10.6 Å². The summed E-state index contributed by atoms with van der Waals surface area (Å²) in [6, 6.07) is 5.63. The minimum atomic E-state index is -0.625. The summed E-state index contributed by atoms with van der Waals surface area (Å²) in [5.74, 6) is -1.22. The normalized spacial score (nSPS) is 11.8. The number of benzene rings is 1. The van der Waals surface area contributed by atoms with Crippen molar-refractivity contribution in [1.82, 2.24) is 5.32 Å². The highest BCUT2D eigenvalue weighted by Gasteiger charge is 2.16. The summed E-state index contributed by atoms with van der Waals surface area (Å²) in [6.07, 6.45) is 0.793. The van der Waals surface area contributed by atoms with E-state index in [1.54, 1.807) is 6.07 Å². The van der Waals surface area contributed by atoms with Gasteiger partial charge in [-0.25, -0.2) is 0 Å². The first-order valence-electron chi connectivity index (χ1n) is 5.82. The maximum Gasteiger partial charge on any atom is 0.313 e. The second kappa shape index (κ2) is 6.72. The first kappa shape index (κ1) is 14.9. The average molecular weight is 360 g/mol. The van der Waals surface area contributed by atoms with E-state index in [0.29, 0.717) is 5.69 Å². The van der Waals surface area contributed by atoms with Crippen LogP contribution in [0, 0.1) is 10.5 Å². The van der Waals surface area contributed by atoms with Gasteiger partial charge in [0.15, 0.2) is 0 Å². The smallest absolute Gasteiger partial charge is 0.313 e. The molecule has 0 saturated carbocycles. The molecule has 0 spiro atoms. The summed E-state index contributed by atoms with van der Waals surface area (Å²) in [5, 5.41) is 5.24. The van der Waals surface area contributed by atoms with Crippen molar-refractivity contribution in [2.75, 3.05) is 5.32 Å². The number of halogens is 1. The molecule has 0 aliphatic carbocycles. The predicted octanol–water partition coefficient (Wildman–Crippen LogP) is 2.45. The Morgan fingerprint density at radius 2 is 2.00 bits per heavy atom. The fourth-order valence-corrected chi connectivity index (χ4v) is 1.98. The summed E-state index contributed by atoms with van der Waals surface area (Å²) in [6.45, 7) is 5.71. The van der Waals surface area contributed by atoms with Crippen molar-refractivity contribution in [3.63, 3.8) is 0 Å². The number of aryl methyl sites for hydroxylation is 1. The van der Waals surface area contributed by atoms with E-state index >= 15 is 0 Å². The van der Waals surface area contributed by atoms with Crippen LogP contribution in [0.3, 0.4) is 0 Å². The molecule has 1 atom stereocenters. The van der Waals surface area contributed by atoms with Crippen molar-refractivity contribution in [3.05, 3.63) is 27.3 Å². The Hall–Kier alpha value is -1.11. The Balaban J connectivity index is 2.67. The standard InChI is InChI=1S/C13H17IN2O2/c1-4-9(3)15-12(17)13(18)16-11-6-5-10(14)7-8(11)2/h5-7,9H,4H2,1-3H3,(H,15,17)(H,16,18). The van der Waals surface area contributed by atoms with Gasteiger partial charge < -0.3 is 10.6 Å². The quantitative estimate of drug-likeness (QED) is 0.643. The van der Waals surface area contributed by atoms with Crippen LogP contribution in [-0.4, -0.2) is 17.9 Å². The van der Waals surface area contributed by atoms with Crippen LogP contribution >= 0.6 is 22.6 Å². The monoisotopic (exact) mass is 360 g/mol. The summed E-state index contributed by atoms with van der Waals surface area (Å²) in [4.78, 5) is 23.2. The third-order valence-corrected chi connectivity index (χ3v) is 3.30. The Morgan fingerprint density at radius 3 is 2.56 bits per heavy atom. The van der Waals surface area contributed by atoms with Gasteiger partial charge in [-0.2, -0.15) is 0 Å². The molecule has 1 rings (SSSR count). The molecular formula is C13H17IN2O2. The molecule has 0 heterocycles. The zero-order valence-electron chi connectivity index (χ0n) is 10.7. The van der Waals surface area contributed by atoms with Gasteiger partial charge in [-0.05, 0) is 66.6 Å². The van der Waals surface area contributed by atoms with Crippen LogP contribution in [0.15, 0.2) is 18.2 Å². The van der Waals surface area contributed by atoms with E-state index in [2.05, 4.69) is 33.2 Å². The van der Waals surface area contributed by atoms with Crippen molar-refractivity contribution in [2.45, 2.75) is 33.2 Å². The van der Waals surface area contributed by atoms with Crippen LogP contribution in [0.4, 0.5) is 5.69 Å². The maximum atomic E-state index is 11.7. The molecule has 1 unspecified atom stereocenters. The zero-order valence-corrected chi connectivity index (χ0v) is 12.9. The number of carbonyl (C=O) groups is 2. The lowest BCUT2D eigenvalue weighted by molar-refractivity contribution is -0.136. The largest absolute Gasteiger partial charge is 0.345 e. The maximum absolute atomic E-state index is 11.7. The Kier molecular flexibility index (Phi) is 5.58. The summed E-state index contributed by atoms with van der Waals surface area (Å²) in [5.41, 5.74) is 1.60. The topological polar surface area (TPSA) is 58.2 Å². The number of rotatable bonds is 3. The van der Waals surface area contributed by atoms with Gasteiger partial charge in [-0.15, -0.1) is 0 Å². The summed E-state index contributed by atoms with van der Waals surface area (Å²) < 4.78 is 1.09. The number of anilines is 1. The molecule has 0 aromatic heterocycles. The molecule has 0 aliphatic rings. The summed E-state index contributed by atoms with van der Waals surface area (Å²) >= 11 is 2.20. The van der Waals surface area contributed by atoms with Crippen LogP contribution in [-0.2, 0) is 9.59 Å². The highest BCUT2D eigenvalue weighted by molar-refractivity contribution is 14.1. The van der Waals surface area contributed by atoms with Crippen molar-refractivity contribution >= 4 is 40.1 Å². The van der Waals surface area contributed by atoms with Crippen LogP contribution in [0.5, 0.6) is 0 Å². The first-order chi connectivity index (χ1) is 8.43. The fraction of sp³-hybridized carbons (Fsp3) is 0.385. The van der Waals surface area contributed by atoms with Gasteiger partial charge in [0, 0.05) is 15.3 Å². The van der Waals surface area contributed by atoms with E-state index < -0.39 is 11.8 Å². The van der Waals surface area contributed by atoms with Gasteiger partial charge in [0.1, 0.15) is 0 Å². The molecule has 2 N–H and O–H groups in total. The molecule has 0 radical (unpaired) electrons. The van der Waals surface area contributed by atoms with Crippen molar-refractivity contribution in [1.29, 1.82) is 0 Å². The highest BCUT2D eigenvalue weighted by atomic mass is 127. The van der Waals surface area contributed by atoms with Gasteiger partial charge in [0.2, 0.25) is 0 Å². The van der Waals surface area contributed by atoms with E-state index in [1.807, 2.05) is 32.9 Å². The van der Waals surface area contributed by atoms with Crippen molar-refractivity contribution < 1.29 is 9.59 Å². The second-order valence-electron chi connectivity index (χ2n) is 4.20. The van der Waals surface area contributed by atoms with Gasteiger partial charge in [0.05, 0.1) is 0 Å². The molecule has 1 aromatic carbocycles. The van der Waals surface area contributed by atoms with Crippen LogP contribution in [0.1, 0.15) is 25.8 Å². The molecule has 0 aliphatic heterocycles. The van der Waals surface area contributed by atoms with E-state index in [1.165, 1.54) is 0 Å². The molecule has 5 heteroatoms. The van der Waals surface area contributed by atoms with Crippen molar-refractivity contribution in [3.8, 4) is 0 Å². The molecule has 1 aromatic rings. The number of nitrogens with one attached hydrogen (secondary N) is 2. The molecule has 4 nitrogen and oxygen atoms in total. The average Bonchev–Trinajstić information content (AvgIpc) is 2.32. The number of carbonyl (C=O) groups excluding carboxylic acids is 2. The van der Waals surface area contributed by atoms with E-state index in [9.17, 15) is 9.59 Å². The SMILES string of the molecule is CCC(C)NC(=O)C(=O)Nc1ccc(I)cc1C. The Bertz CT molecular complexity index is 460. The van der Waals surface area contributed by atoms with Gasteiger partial charge in [-0.3, -0.25) is 9.59 Å². The summed E-state index contributed by atoms with van der Waals surface area (Å²) in [7, 11) is 0. The van der Waals surface area contributed by atoms with Gasteiger partial charge in [0.25, 0.3) is 0 Å². The number of hydrogen-bond donors (Lipinski definition) is 2. The molecule has 0 saturated heterocycles. The number of amides is 2. The minimum Gasteiger partial charge on any atom is -0.345 e. The minimum absolute atomic E-state index is 0.000990. The molecule has 0 fully saturated rings. The highest BCUT2D eigenvalue weighted by Crippen LogP contribution is 2.17. The van der Waals surface area contributed by atoms with Crippen LogP contribution in [0.2, 0.25) is 0 Å². The Morgan fingerprint density at radius 1 is 1.33 bits per heavy atom. The number of hydrogen-bond acceptors (Lipinski definition) is 2. The Labute approximate surface area is 121 Å². The van der Waals surface area contributed by atoms with Crippen LogP contribution in [0.25, 0.3) is 0 Å². The molecule has 18 heavy (non-hydrogen) atoms. The lowest BCUT2D eigenvalue weighted by Crippen LogP contribution is -2.40. The molecular weight excluding hydrogens is 343 g/mol. The van der Waals surface area contributed by atoms with E-state index in [-0.39, 0.29) is 6.04 Å². The first-order valence-corrected chi connectivity index (χ1v) is 6.90. The van der Waals surface area contributed by atoms with Gasteiger partial charge >= 0.3 is 11.8 Å². The zero-order chi connectivity index (χ0) is 13.7. The van der Waals surface area contributed by atoms with E-state index in [0.717, 1.165) is 15.6 Å². The molecule has 2 amide bonds. The third-order valence-electron chi connectivity index (χ3n) is 2.63. The third kappa shape index (κ3) is 4.29. The molecule has 0 bridgehead atoms. The second-order valence-corrected chi connectivity index (χ2v) is 5.44. The van der Waals surface area contributed by atoms with E-state index in [4.69, 9.17) is 0 Å². The fourth-order valence-electron chi connectivity index (χ4n) is 1.34.